The third-order valence-electron chi connectivity index (χ3n) is 7.39. The Labute approximate surface area is 123 Å². The van der Waals surface area contributed by atoms with Crippen molar-refractivity contribution in [2.75, 3.05) is 0 Å². The molecule has 3 saturated carbocycles. The predicted octanol–water partition coefficient (Wildman–Crippen LogP) is 4.59. The number of rotatable bonds is 0. The zero-order valence-electron chi connectivity index (χ0n) is 13.1. The summed E-state index contributed by atoms with van der Waals surface area (Å²) >= 11 is 0. The molecular formula is C19H29N. The van der Waals surface area contributed by atoms with E-state index < -0.39 is 0 Å². The van der Waals surface area contributed by atoms with Gasteiger partial charge in [-0.2, -0.15) is 0 Å². The summed E-state index contributed by atoms with van der Waals surface area (Å²) in [6.07, 6.45) is 15.9. The van der Waals surface area contributed by atoms with Gasteiger partial charge in [0.05, 0.1) is 0 Å². The highest BCUT2D eigenvalue weighted by atomic mass is 14.7. The van der Waals surface area contributed by atoms with Gasteiger partial charge in [-0.05, 0) is 67.6 Å². The van der Waals surface area contributed by atoms with E-state index in [-0.39, 0.29) is 0 Å². The first-order valence-electron chi connectivity index (χ1n) is 8.70. The van der Waals surface area contributed by atoms with Crippen LogP contribution in [0.3, 0.4) is 0 Å². The van der Waals surface area contributed by atoms with Crippen LogP contribution in [0.15, 0.2) is 23.3 Å². The first-order valence-corrected chi connectivity index (χ1v) is 8.70. The molecule has 4 aliphatic carbocycles. The molecule has 3 fully saturated rings. The Balaban J connectivity index is 1.74. The van der Waals surface area contributed by atoms with Crippen LogP contribution in [0.4, 0.5) is 0 Å². The molecule has 0 radical (unpaired) electrons. The highest BCUT2D eigenvalue weighted by Gasteiger charge is 2.52. The molecule has 0 spiro atoms. The van der Waals surface area contributed by atoms with Gasteiger partial charge < -0.3 is 5.73 Å². The summed E-state index contributed by atoms with van der Waals surface area (Å²) in [5.74, 6) is 1.71. The molecule has 0 aromatic heterocycles. The molecule has 4 aliphatic rings. The maximum Gasteiger partial charge on any atom is 0.00767 e. The van der Waals surface area contributed by atoms with Gasteiger partial charge in [0.15, 0.2) is 0 Å². The van der Waals surface area contributed by atoms with Crippen LogP contribution in [0.2, 0.25) is 0 Å². The molecule has 1 unspecified atom stereocenters. The van der Waals surface area contributed by atoms with Gasteiger partial charge in [-0.25, -0.2) is 0 Å². The lowest BCUT2D eigenvalue weighted by atomic mass is 9.51. The Morgan fingerprint density at radius 2 is 1.85 bits per heavy atom. The van der Waals surface area contributed by atoms with Crippen LogP contribution in [-0.2, 0) is 0 Å². The van der Waals surface area contributed by atoms with Crippen molar-refractivity contribution in [2.24, 2.45) is 28.4 Å². The zero-order chi connectivity index (χ0) is 14.0. The van der Waals surface area contributed by atoms with Gasteiger partial charge in [-0.3, -0.25) is 0 Å². The quantitative estimate of drug-likeness (QED) is 0.685. The Morgan fingerprint density at radius 1 is 1.00 bits per heavy atom. The summed E-state index contributed by atoms with van der Waals surface area (Å²) in [5.41, 5.74) is 10.7. The largest absolute Gasteiger partial charge is 0.327 e. The molecule has 1 nitrogen and oxygen atoms in total. The molecule has 2 N–H and O–H groups in total. The van der Waals surface area contributed by atoms with Crippen molar-refractivity contribution in [3.05, 3.63) is 23.3 Å². The van der Waals surface area contributed by atoms with E-state index in [9.17, 15) is 0 Å². The van der Waals surface area contributed by atoms with Crippen LogP contribution in [0.5, 0.6) is 0 Å². The average Bonchev–Trinajstić information content (AvgIpc) is 2.81. The molecule has 1 heteroatoms. The van der Waals surface area contributed by atoms with E-state index in [1.54, 1.807) is 5.57 Å². The molecule has 0 saturated heterocycles. The average molecular weight is 271 g/mol. The second-order valence-electron chi connectivity index (χ2n) is 8.47. The maximum atomic E-state index is 6.21. The van der Waals surface area contributed by atoms with E-state index in [2.05, 4.69) is 26.0 Å². The van der Waals surface area contributed by atoms with Crippen LogP contribution < -0.4 is 5.73 Å². The van der Waals surface area contributed by atoms with Crippen molar-refractivity contribution < 1.29 is 0 Å². The summed E-state index contributed by atoms with van der Waals surface area (Å²) in [4.78, 5) is 0. The minimum atomic E-state index is 0.407. The highest BCUT2D eigenvalue weighted by Crippen LogP contribution is 2.63. The van der Waals surface area contributed by atoms with Crippen LogP contribution in [0.1, 0.15) is 65.2 Å². The van der Waals surface area contributed by atoms with Crippen molar-refractivity contribution in [3.63, 3.8) is 0 Å². The Hall–Kier alpha value is -0.560. The van der Waals surface area contributed by atoms with E-state index in [1.165, 1.54) is 44.9 Å². The van der Waals surface area contributed by atoms with Gasteiger partial charge in [0.2, 0.25) is 0 Å². The lowest BCUT2D eigenvalue weighted by Crippen LogP contribution is -2.45. The van der Waals surface area contributed by atoms with Crippen molar-refractivity contribution in [1.82, 2.24) is 0 Å². The van der Waals surface area contributed by atoms with Crippen LogP contribution in [-0.4, -0.2) is 6.04 Å². The van der Waals surface area contributed by atoms with Gasteiger partial charge in [0.1, 0.15) is 0 Å². The molecule has 0 aromatic carbocycles. The van der Waals surface area contributed by atoms with Gasteiger partial charge in [0.25, 0.3) is 0 Å². The number of hydrogen-bond acceptors (Lipinski definition) is 1. The summed E-state index contributed by atoms with van der Waals surface area (Å²) in [6, 6.07) is 0.407. The van der Waals surface area contributed by atoms with Gasteiger partial charge in [-0.1, -0.05) is 43.6 Å². The molecule has 20 heavy (non-hydrogen) atoms. The molecular weight excluding hydrogens is 242 g/mol. The lowest BCUT2D eigenvalue weighted by Gasteiger charge is -2.54. The van der Waals surface area contributed by atoms with E-state index >= 15 is 0 Å². The van der Waals surface area contributed by atoms with Crippen molar-refractivity contribution in [3.8, 4) is 0 Å². The lowest BCUT2D eigenvalue weighted by molar-refractivity contribution is 0.0960. The molecule has 0 aliphatic heterocycles. The standard InChI is InChI=1S/C19H29N/c1-18-9-3-4-16(18)15-6-5-13-12-14(20)7-11-19(13,2)17(15)8-10-18/h5-6,14,16-17H,3-4,7-12,20H2,1-2H3/t14?,16-,17-,18-,19-/m0/s1. The van der Waals surface area contributed by atoms with E-state index in [0.717, 1.165) is 18.3 Å². The first kappa shape index (κ1) is 13.1. The van der Waals surface area contributed by atoms with Gasteiger partial charge in [-0.15, -0.1) is 0 Å². The van der Waals surface area contributed by atoms with Gasteiger partial charge in [0, 0.05) is 6.04 Å². The summed E-state index contributed by atoms with van der Waals surface area (Å²) in [7, 11) is 0. The van der Waals surface area contributed by atoms with Crippen LogP contribution in [0, 0.1) is 22.7 Å². The monoisotopic (exact) mass is 271 g/mol. The second-order valence-corrected chi connectivity index (χ2v) is 8.47. The van der Waals surface area contributed by atoms with E-state index in [1.807, 2.05) is 5.57 Å². The fourth-order valence-electron chi connectivity index (χ4n) is 6.02. The minimum absolute atomic E-state index is 0.407. The normalized spacial score (nSPS) is 50.6. The third kappa shape index (κ3) is 1.65. The van der Waals surface area contributed by atoms with E-state index in [4.69, 9.17) is 5.73 Å². The zero-order valence-corrected chi connectivity index (χ0v) is 13.1. The number of nitrogens with two attached hydrogens (primary N) is 1. The SMILES string of the molecule is C[C@@]12CCC[C@H]1C1=CC=C3CC(N)CC[C@]3(C)[C@H]1CC2. The molecule has 0 heterocycles. The highest BCUT2D eigenvalue weighted by molar-refractivity contribution is 5.38. The molecule has 5 atom stereocenters. The topological polar surface area (TPSA) is 26.0 Å². The van der Waals surface area contributed by atoms with Crippen molar-refractivity contribution >= 4 is 0 Å². The minimum Gasteiger partial charge on any atom is -0.327 e. The van der Waals surface area contributed by atoms with Crippen LogP contribution >= 0.6 is 0 Å². The molecule has 0 aromatic rings. The second kappa shape index (κ2) is 4.22. The van der Waals surface area contributed by atoms with Crippen molar-refractivity contribution in [1.29, 1.82) is 0 Å². The Morgan fingerprint density at radius 3 is 2.70 bits per heavy atom. The van der Waals surface area contributed by atoms with Crippen LogP contribution in [0.25, 0.3) is 0 Å². The predicted molar refractivity (Wildman–Crippen MR) is 84.3 cm³/mol. The fraction of sp³-hybridized carbons (Fsp3) is 0.789. The number of hydrogen-bond donors (Lipinski definition) is 1. The summed E-state index contributed by atoms with van der Waals surface area (Å²) in [5, 5.41) is 0. The molecule has 0 bridgehead atoms. The number of fused-ring (bicyclic) bond motifs is 5. The van der Waals surface area contributed by atoms with Gasteiger partial charge >= 0.3 is 0 Å². The van der Waals surface area contributed by atoms with E-state index in [0.29, 0.717) is 16.9 Å². The Bertz CT molecular complexity index is 488. The summed E-state index contributed by atoms with van der Waals surface area (Å²) in [6.45, 7) is 5.10. The molecule has 0 amide bonds. The summed E-state index contributed by atoms with van der Waals surface area (Å²) < 4.78 is 0. The first-order chi connectivity index (χ1) is 9.53. The fourth-order valence-corrected chi connectivity index (χ4v) is 6.02. The molecule has 4 rings (SSSR count). The maximum absolute atomic E-state index is 6.21. The Kier molecular flexibility index (Phi) is 2.77. The molecule has 110 valence electrons. The van der Waals surface area contributed by atoms with Crippen molar-refractivity contribution in [2.45, 2.75) is 71.3 Å². The smallest absolute Gasteiger partial charge is 0.00767 e. The third-order valence-corrected chi connectivity index (χ3v) is 7.39. The number of allylic oxidation sites excluding steroid dienone is 3.